The van der Waals surface area contributed by atoms with E-state index >= 15 is 0 Å². The van der Waals surface area contributed by atoms with Crippen LogP contribution >= 0.6 is 0 Å². The standard InChI is InChI=1S/C14H20N2O/c1-5-11-17-14-10-8-7-9-12(14)13(6-2)15-16(3)4/h5,7-10H,1,6,11H2,2-4H3/b15-13+. The molecule has 0 radical (unpaired) electrons. The molecule has 3 nitrogen and oxygen atoms in total. The molecule has 0 aromatic heterocycles. The molecule has 1 aromatic rings. The quantitative estimate of drug-likeness (QED) is 0.428. The van der Waals surface area contributed by atoms with Gasteiger partial charge >= 0.3 is 0 Å². The van der Waals surface area contributed by atoms with E-state index in [1.165, 1.54) is 0 Å². The Morgan fingerprint density at radius 3 is 2.71 bits per heavy atom. The highest BCUT2D eigenvalue weighted by Gasteiger charge is 2.08. The van der Waals surface area contributed by atoms with Gasteiger partial charge in [-0.15, -0.1) is 0 Å². The molecule has 1 aromatic carbocycles. The van der Waals surface area contributed by atoms with Crippen LogP contribution in [0.4, 0.5) is 0 Å². The van der Waals surface area contributed by atoms with Crippen molar-refractivity contribution in [2.45, 2.75) is 13.3 Å². The van der Waals surface area contributed by atoms with E-state index in [1.807, 2.05) is 43.4 Å². The molecule has 0 unspecified atom stereocenters. The molecule has 17 heavy (non-hydrogen) atoms. The third kappa shape index (κ3) is 3.94. The van der Waals surface area contributed by atoms with Crippen molar-refractivity contribution in [3.05, 3.63) is 42.5 Å². The van der Waals surface area contributed by atoms with E-state index in [0.717, 1.165) is 23.4 Å². The highest BCUT2D eigenvalue weighted by atomic mass is 16.5. The van der Waals surface area contributed by atoms with Gasteiger partial charge in [-0.2, -0.15) is 5.10 Å². The Morgan fingerprint density at radius 1 is 1.41 bits per heavy atom. The maximum Gasteiger partial charge on any atom is 0.128 e. The van der Waals surface area contributed by atoms with E-state index in [-0.39, 0.29) is 0 Å². The Bertz CT molecular complexity index is 397. The van der Waals surface area contributed by atoms with E-state index in [9.17, 15) is 0 Å². The van der Waals surface area contributed by atoms with Crippen molar-refractivity contribution in [2.24, 2.45) is 5.10 Å². The van der Waals surface area contributed by atoms with Crippen molar-refractivity contribution in [2.75, 3.05) is 20.7 Å². The molecule has 0 aliphatic rings. The van der Waals surface area contributed by atoms with Crippen LogP contribution in [-0.2, 0) is 0 Å². The minimum Gasteiger partial charge on any atom is -0.489 e. The van der Waals surface area contributed by atoms with Crippen LogP contribution in [0.1, 0.15) is 18.9 Å². The third-order valence-electron chi connectivity index (χ3n) is 2.21. The summed E-state index contributed by atoms with van der Waals surface area (Å²) in [6, 6.07) is 7.95. The smallest absolute Gasteiger partial charge is 0.128 e. The van der Waals surface area contributed by atoms with Crippen molar-refractivity contribution in [3.63, 3.8) is 0 Å². The Balaban J connectivity index is 3.05. The lowest BCUT2D eigenvalue weighted by atomic mass is 10.1. The fraction of sp³-hybridized carbons (Fsp3) is 0.357. The third-order valence-corrected chi connectivity index (χ3v) is 2.21. The van der Waals surface area contributed by atoms with Crippen molar-refractivity contribution < 1.29 is 4.74 Å². The van der Waals surface area contributed by atoms with Crippen molar-refractivity contribution in [1.29, 1.82) is 0 Å². The lowest BCUT2D eigenvalue weighted by Gasteiger charge is -2.13. The first kappa shape index (κ1) is 13.3. The number of ether oxygens (including phenoxy) is 1. The van der Waals surface area contributed by atoms with E-state index in [4.69, 9.17) is 4.74 Å². The van der Waals surface area contributed by atoms with Gasteiger partial charge in [-0.1, -0.05) is 31.7 Å². The van der Waals surface area contributed by atoms with Gasteiger partial charge in [-0.3, -0.25) is 0 Å². The number of benzene rings is 1. The maximum atomic E-state index is 5.63. The molecule has 0 fully saturated rings. The molecule has 0 N–H and O–H groups in total. The summed E-state index contributed by atoms with van der Waals surface area (Å²) in [5.41, 5.74) is 2.07. The lowest BCUT2D eigenvalue weighted by Crippen LogP contribution is -2.11. The average Bonchev–Trinajstić information content (AvgIpc) is 2.33. The number of hydrazone groups is 1. The second kappa shape index (κ2) is 6.74. The molecule has 3 heteroatoms. The van der Waals surface area contributed by atoms with E-state index < -0.39 is 0 Å². The fourth-order valence-corrected chi connectivity index (χ4v) is 1.54. The molecule has 0 atom stereocenters. The van der Waals surface area contributed by atoms with Gasteiger partial charge in [-0.25, -0.2) is 0 Å². The van der Waals surface area contributed by atoms with Crippen LogP contribution in [0.5, 0.6) is 5.75 Å². The average molecular weight is 232 g/mol. The van der Waals surface area contributed by atoms with Crippen molar-refractivity contribution >= 4 is 5.71 Å². The fourth-order valence-electron chi connectivity index (χ4n) is 1.54. The van der Waals surface area contributed by atoms with Gasteiger partial charge in [0.1, 0.15) is 12.4 Å². The zero-order chi connectivity index (χ0) is 12.7. The number of hydrogen-bond acceptors (Lipinski definition) is 3. The van der Waals surface area contributed by atoms with Gasteiger partial charge in [-0.05, 0) is 18.6 Å². The molecule has 0 heterocycles. The van der Waals surface area contributed by atoms with Gasteiger partial charge in [0.05, 0.1) is 5.71 Å². The molecule has 0 spiro atoms. The summed E-state index contributed by atoms with van der Waals surface area (Å²) < 4.78 is 5.63. The lowest BCUT2D eigenvalue weighted by molar-refractivity contribution is 0.362. The van der Waals surface area contributed by atoms with Crippen LogP contribution in [-0.4, -0.2) is 31.4 Å². The SMILES string of the molecule is C=CCOc1ccccc1/C(CC)=N/N(C)C. The van der Waals surface area contributed by atoms with Crippen LogP contribution in [0.15, 0.2) is 42.0 Å². The Hall–Kier alpha value is -1.77. The molecule has 0 saturated heterocycles. The zero-order valence-electron chi connectivity index (χ0n) is 10.8. The summed E-state index contributed by atoms with van der Waals surface area (Å²) in [5, 5.41) is 6.29. The monoisotopic (exact) mass is 232 g/mol. The van der Waals surface area contributed by atoms with Crippen LogP contribution in [0, 0.1) is 0 Å². The number of hydrogen-bond donors (Lipinski definition) is 0. The largest absolute Gasteiger partial charge is 0.489 e. The van der Waals surface area contributed by atoms with Crippen molar-refractivity contribution in [3.8, 4) is 5.75 Å². The molecule has 0 aliphatic heterocycles. The first-order valence-electron chi connectivity index (χ1n) is 5.77. The molecule has 0 bridgehead atoms. The van der Waals surface area contributed by atoms with E-state index in [1.54, 1.807) is 6.08 Å². The molecule has 0 saturated carbocycles. The van der Waals surface area contributed by atoms with Crippen LogP contribution in [0.2, 0.25) is 0 Å². The molecule has 92 valence electrons. The second-order valence-electron chi connectivity index (χ2n) is 3.84. The molecule has 0 aliphatic carbocycles. The summed E-state index contributed by atoms with van der Waals surface area (Å²) in [6.07, 6.45) is 2.61. The topological polar surface area (TPSA) is 24.8 Å². The summed E-state index contributed by atoms with van der Waals surface area (Å²) in [4.78, 5) is 0. The number of rotatable bonds is 6. The predicted molar refractivity (Wildman–Crippen MR) is 72.6 cm³/mol. The highest BCUT2D eigenvalue weighted by molar-refractivity contribution is 6.02. The van der Waals surface area contributed by atoms with E-state index in [0.29, 0.717) is 6.61 Å². The number of nitrogens with zero attached hydrogens (tertiary/aromatic N) is 2. The summed E-state index contributed by atoms with van der Waals surface area (Å²) >= 11 is 0. The van der Waals surface area contributed by atoms with Crippen LogP contribution in [0.3, 0.4) is 0 Å². The van der Waals surface area contributed by atoms with Gasteiger partial charge in [0.15, 0.2) is 0 Å². The summed E-state index contributed by atoms with van der Waals surface area (Å²) in [5.74, 6) is 0.856. The van der Waals surface area contributed by atoms with Crippen LogP contribution in [0.25, 0.3) is 0 Å². The first-order valence-corrected chi connectivity index (χ1v) is 5.77. The Kier molecular flexibility index (Phi) is 5.27. The molecular weight excluding hydrogens is 212 g/mol. The second-order valence-corrected chi connectivity index (χ2v) is 3.84. The summed E-state index contributed by atoms with van der Waals surface area (Å²) in [6.45, 7) is 6.26. The molecular formula is C14H20N2O. The predicted octanol–water partition coefficient (Wildman–Crippen LogP) is 2.93. The van der Waals surface area contributed by atoms with Gasteiger partial charge < -0.3 is 9.75 Å². The highest BCUT2D eigenvalue weighted by Crippen LogP contribution is 2.20. The van der Waals surface area contributed by atoms with Crippen LogP contribution < -0.4 is 4.74 Å². The minimum absolute atomic E-state index is 0.510. The Morgan fingerprint density at radius 2 is 2.12 bits per heavy atom. The molecule has 0 amide bonds. The minimum atomic E-state index is 0.510. The first-order chi connectivity index (χ1) is 8.19. The normalized spacial score (nSPS) is 11.1. The zero-order valence-corrected chi connectivity index (χ0v) is 10.8. The number of para-hydroxylation sites is 1. The maximum absolute atomic E-state index is 5.63. The summed E-state index contributed by atoms with van der Waals surface area (Å²) in [7, 11) is 3.84. The van der Waals surface area contributed by atoms with Crippen molar-refractivity contribution in [1.82, 2.24) is 5.01 Å². The van der Waals surface area contributed by atoms with E-state index in [2.05, 4.69) is 18.6 Å². The van der Waals surface area contributed by atoms with Gasteiger partial charge in [0, 0.05) is 19.7 Å². The Labute approximate surface area is 103 Å². The van der Waals surface area contributed by atoms with Gasteiger partial charge in [0.25, 0.3) is 0 Å². The molecule has 1 rings (SSSR count). The van der Waals surface area contributed by atoms with Gasteiger partial charge in [0.2, 0.25) is 0 Å².